The smallest absolute Gasteiger partial charge is 0.262 e. The molecule has 0 unspecified atom stereocenters. The van der Waals surface area contributed by atoms with Crippen LogP contribution in [0, 0.1) is 6.92 Å². The van der Waals surface area contributed by atoms with E-state index >= 15 is 0 Å². The van der Waals surface area contributed by atoms with Gasteiger partial charge in [-0.25, -0.2) is 0 Å². The standard InChI is InChI=1S/C19H22ClNO3/c1-12(2)14-6-5-13(3)18(9-14)24-11-19(22)21-16-10-15(20)7-8-17(16)23-4/h5-10,12H,11H2,1-4H3,(H,21,22). The van der Waals surface area contributed by atoms with Crippen molar-refractivity contribution in [2.45, 2.75) is 26.7 Å². The highest BCUT2D eigenvalue weighted by molar-refractivity contribution is 6.31. The van der Waals surface area contributed by atoms with Crippen molar-refractivity contribution in [1.29, 1.82) is 0 Å². The lowest BCUT2D eigenvalue weighted by Crippen LogP contribution is -2.20. The van der Waals surface area contributed by atoms with Gasteiger partial charge in [0.05, 0.1) is 12.8 Å². The van der Waals surface area contributed by atoms with E-state index in [4.69, 9.17) is 21.1 Å². The second-order valence-electron chi connectivity index (χ2n) is 5.86. The molecule has 24 heavy (non-hydrogen) atoms. The van der Waals surface area contributed by atoms with Crippen LogP contribution in [0.2, 0.25) is 5.02 Å². The summed E-state index contributed by atoms with van der Waals surface area (Å²) in [4.78, 5) is 12.2. The summed E-state index contributed by atoms with van der Waals surface area (Å²) in [6.07, 6.45) is 0. The van der Waals surface area contributed by atoms with E-state index in [2.05, 4.69) is 25.2 Å². The average molecular weight is 348 g/mol. The number of rotatable bonds is 6. The van der Waals surface area contributed by atoms with Crippen LogP contribution in [0.3, 0.4) is 0 Å². The molecule has 2 rings (SSSR count). The molecule has 0 aliphatic heterocycles. The van der Waals surface area contributed by atoms with Crippen LogP contribution in [0.1, 0.15) is 30.9 Å². The van der Waals surface area contributed by atoms with Crippen molar-refractivity contribution in [3.05, 3.63) is 52.5 Å². The van der Waals surface area contributed by atoms with Gasteiger partial charge in [-0.2, -0.15) is 0 Å². The molecule has 0 heterocycles. The first-order valence-electron chi connectivity index (χ1n) is 7.77. The summed E-state index contributed by atoms with van der Waals surface area (Å²) >= 11 is 5.96. The van der Waals surface area contributed by atoms with Crippen molar-refractivity contribution in [3.63, 3.8) is 0 Å². The zero-order chi connectivity index (χ0) is 17.7. The van der Waals surface area contributed by atoms with Crippen LogP contribution in [-0.2, 0) is 4.79 Å². The summed E-state index contributed by atoms with van der Waals surface area (Å²) in [6.45, 7) is 6.11. The highest BCUT2D eigenvalue weighted by Gasteiger charge is 2.11. The molecule has 5 heteroatoms. The Balaban J connectivity index is 2.04. The SMILES string of the molecule is COc1ccc(Cl)cc1NC(=O)COc1cc(C(C)C)ccc1C. The summed E-state index contributed by atoms with van der Waals surface area (Å²) < 4.78 is 10.9. The Bertz CT molecular complexity index is 729. The number of anilines is 1. The van der Waals surface area contributed by atoms with Crippen molar-refractivity contribution in [3.8, 4) is 11.5 Å². The first-order chi connectivity index (χ1) is 11.4. The van der Waals surface area contributed by atoms with E-state index in [1.165, 1.54) is 12.7 Å². The Kier molecular flexibility index (Phi) is 6.10. The summed E-state index contributed by atoms with van der Waals surface area (Å²) in [7, 11) is 1.54. The number of halogens is 1. The molecule has 0 aromatic heterocycles. The van der Waals surface area contributed by atoms with Gasteiger partial charge in [0.25, 0.3) is 5.91 Å². The topological polar surface area (TPSA) is 47.6 Å². The predicted octanol–water partition coefficient (Wildman–Crippen LogP) is 4.80. The van der Waals surface area contributed by atoms with Gasteiger partial charge < -0.3 is 14.8 Å². The van der Waals surface area contributed by atoms with E-state index in [-0.39, 0.29) is 12.5 Å². The fourth-order valence-electron chi connectivity index (χ4n) is 2.24. The Hall–Kier alpha value is -2.20. The monoisotopic (exact) mass is 347 g/mol. The molecule has 0 atom stereocenters. The van der Waals surface area contributed by atoms with Gasteiger partial charge in [0, 0.05) is 5.02 Å². The third kappa shape index (κ3) is 4.65. The number of amides is 1. The van der Waals surface area contributed by atoms with Gasteiger partial charge >= 0.3 is 0 Å². The van der Waals surface area contributed by atoms with E-state index in [1.807, 2.05) is 19.1 Å². The second kappa shape index (κ2) is 8.06. The molecule has 0 aliphatic carbocycles. The lowest BCUT2D eigenvalue weighted by Gasteiger charge is -2.14. The van der Waals surface area contributed by atoms with Gasteiger partial charge in [-0.1, -0.05) is 37.6 Å². The minimum atomic E-state index is -0.273. The molecule has 0 spiro atoms. The van der Waals surface area contributed by atoms with Crippen LogP contribution in [0.5, 0.6) is 11.5 Å². The van der Waals surface area contributed by atoms with Gasteiger partial charge in [0.2, 0.25) is 0 Å². The quantitative estimate of drug-likeness (QED) is 0.816. The van der Waals surface area contributed by atoms with Gasteiger partial charge in [-0.3, -0.25) is 4.79 Å². The van der Waals surface area contributed by atoms with Crippen LogP contribution in [0.25, 0.3) is 0 Å². The maximum absolute atomic E-state index is 12.2. The van der Waals surface area contributed by atoms with E-state index in [1.54, 1.807) is 18.2 Å². The first kappa shape index (κ1) is 18.1. The van der Waals surface area contributed by atoms with Gasteiger partial charge in [0.15, 0.2) is 6.61 Å². The minimum Gasteiger partial charge on any atom is -0.495 e. The maximum atomic E-state index is 12.2. The molecule has 1 amide bonds. The number of methoxy groups -OCH3 is 1. The number of carbonyl (C=O) groups is 1. The summed E-state index contributed by atoms with van der Waals surface area (Å²) in [5.74, 6) is 1.39. The number of hydrogen-bond acceptors (Lipinski definition) is 3. The third-order valence-corrected chi connectivity index (χ3v) is 3.91. The lowest BCUT2D eigenvalue weighted by atomic mass is 10.0. The highest BCUT2D eigenvalue weighted by atomic mass is 35.5. The largest absolute Gasteiger partial charge is 0.495 e. The average Bonchev–Trinajstić information content (AvgIpc) is 2.54. The molecule has 0 radical (unpaired) electrons. The molecule has 4 nitrogen and oxygen atoms in total. The summed E-state index contributed by atoms with van der Waals surface area (Å²) in [6, 6.07) is 11.1. The molecule has 0 bridgehead atoms. The minimum absolute atomic E-state index is 0.0853. The van der Waals surface area contributed by atoms with E-state index in [9.17, 15) is 4.79 Å². The lowest BCUT2D eigenvalue weighted by molar-refractivity contribution is -0.118. The van der Waals surface area contributed by atoms with Crippen LogP contribution < -0.4 is 14.8 Å². The molecule has 0 saturated carbocycles. The van der Waals surface area contributed by atoms with E-state index in [0.29, 0.717) is 22.4 Å². The molecule has 2 aromatic carbocycles. The first-order valence-corrected chi connectivity index (χ1v) is 8.15. The maximum Gasteiger partial charge on any atom is 0.262 e. The number of benzene rings is 2. The number of carbonyl (C=O) groups excluding carboxylic acids is 1. The predicted molar refractivity (Wildman–Crippen MR) is 97.4 cm³/mol. The number of aryl methyl sites for hydroxylation is 1. The van der Waals surface area contributed by atoms with Crippen LogP contribution in [0.4, 0.5) is 5.69 Å². The van der Waals surface area contributed by atoms with Crippen molar-refractivity contribution in [2.75, 3.05) is 19.0 Å². The molecule has 128 valence electrons. The summed E-state index contributed by atoms with van der Waals surface area (Å²) in [5.41, 5.74) is 2.69. The second-order valence-corrected chi connectivity index (χ2v) is 6.30. The Morgan fingerprint density at radius 3 is 2.58 bits per heavy atom. The Labute approximate surface area is 147 Å². The molecule has 0 saturated heterocycles. The van der Waals surface area contributed by atoms with E-state index < -0.39 is 0 Å². The summed E-state index contributed by atoms with van der Waals surface area (Å²) in [5, 5.41) is 3.28. The van der Waals surface area contributed by atoms with Gasteiger partial charge in [-0.15, -0.1) is 0 Å². The van der Waals surface area contributed by atoms with Crippen LogP contribution in [0.15, 0.2) is 36.4 Å². The number of nitrogens with one attached hydrogen (secondary N) is 1. The fourth-order valence-corrected chi connectivity index (χ4v) is 2.41. The zero-order valence-electron chi connectivity index (χ0n) is 14.4. The number of hydrogen-bond donors (Lipinski definition) is 1. The van der Waals surface area contributed by atoms with Crippen molar-refractivity contribution in [1.82, 2.24) is 0 Å². The third-order valence-electron chi connectivity index (χ3n) is 3.67. The molecule has 1 N–H and O–H groups in total. The molecular weight excluding hydrogens is 326 g/mol. The van der Waals surface area contributed by atoms with Crippen LogP contribution in [-0.4, -0.2) is 19.6 Å². The Morgan fingerprint density at radius 2 is 1.92 bits per heavy atom. The highest BCUT2D eigenvalue weighted by Crippen LogP contribution is 2.28. The normalized spacial score (nSPS) is 10.6. The molecule has 0 aliphatic rings. The fraction of sp³-hybridized carbons (Fsp3) is 0.316. The molecule has 2 aromatic rings. The number of ether oxygens (including phenoxy) is 2. The van der Waals surface area contributed by atoms with Crippen molar-refractivity contribution in [2.24, 2.45) is 0 Å². The zero-order valence-corrected chi connectivity index (χ0v) is 15.1. The van der Waals surface area contributed by atoms with Crippen molar-refractivity contribution < 1.29 is 14.3 Å². The molecule has 0 fully saturated rings. The van der Waals surface area contributed by atoms with Gasteiger partial charge in [-0.05, 0) is 48.2 Å². The Morgan fingerprint density at radius 1 is 1.17 bits per heavy atom. The molecular formula is C19H22ClNO3. The van der Waals surface area contributed by atoms with Crippen LogP contribution >= 0.6 is 11.6 Å². The van der Waals surface area contributed by atoms with E-state index in [0.717, 1.165) is 11.3 Å². The van der Waals surface area contributed by atoms with Crippen molar-refractivity contribution >= 4 is 23.2 Å². The van der Waals surface area contributed by atoms with Gasteiger partial charge in [0.1, 0.15) is 11.5 Å².